The largest absolute Gasteiger partial charge is 0.481 e. The van der Waals surface area contributed by atoms with Crippen molar-refractivity contribution in [2.24, 2.45) is 5.41 Å². The molecule has 0 aromatic heterocycles. The molecule has 19 heavy (non-hydrogen) atoms. The molecule has 1 heterocycles. The van der Waals surface area contributed by atoms with Crippen LogP contribution in [0.4, 0.5) is 0 Å². The van der Waals surface area contributed by atoms with Gasteiger partial charge in [-0.2, -0.15) is 0 Å². The van der Waals surface area contributed by atoms with Crippen LogP contribution in [-0.4, -0.2) is 35.0 Å². The number of hydrogen-bond acceptors (Lipinski definition) is 2. The minimum Gasteiger partial charge on any atom is -0.481 e. The van der Waals surface area contributed by atoms with Crippen LogP contribution in [0.5, 0.6) is 0 Å². The molecule has 0 spiro atoms. The van der Waals surface area contributed by atoms with E-state index in [1.807, 2.05) is 24.3 Å². The molecule has 1 aliphatic rings. The Balaban J connectivity index is 2.01. The number of hydrogen-bond donors (Lipinski definition) is 1. The summed E-state index contributed by atoms with van der Waals surface area (Å²) >= 11 is 3.37. The van der Waals surface area contributed by atoms with Crippen molar-refractivity contribution >= 4 is 27.8 Å². The number of rotatable bonds is 3. The molecule has 4 nitrogen and oxygen atoms in total. The van der Waals surface area contributed by atoms with Gasteiger partial charge in [0.1, 0.15) is 0 Å². The molecular formula is C14H16BrNO3. The highest BCUT2D eigenvalue weighted by Crippen LogP contribution is 2.30. The Kier molecular flexibility index (Phi) is 3.94. The fourth-order valence-corrected chi connectivity index (χ4v) is 2.73. The van der Waals surface area contributed by atoms with Gasteiger partial charge in [0.15, 0.2) is 0 Å². The topological polar surface area (TPSA) is 57.6 Å². The molecule has 1 fully saturated rings. The summed E-state index contributed by atoms with van der Waals surface area (Å²) in [7, 11) is 0. The van der Waals surface area contributed by atoms with E-state index < -0.39 is 11.4 Å². The smallest absolute Gasteiger partial charge is 0.311 e. The molecule has 1 aromatic carbocycles. The molecular weight excluding hydrogens is 310 g/mol. The van der Waals surface area contributed by atoms with Crippen molar-refractivity contribution in [3.63, 3.8) is 0 Å². The van der Waals surface area contributed by atoms with Crippen molar-refractivity contribution in [2.45, 2.75) is 19.8 Å². The SMILES string of the molecule is CC1(C(=O)O)CCN(C(=O)Cc2cccc(Br)c2)C1. The van der Waals surface area contributed by atoms with Gasteiger partial charge in [-0.05, 0) is 31.0 Å². The van der Waals surface area contributed by atoms with E-state index in [0.717, 1.165) is 10.0 Å². The van der Waals surface area contributed by atoms with E-state index in [0.29, 0.717) is 25.9 Å². The maximum atomic E-state index is 12.2. The van der Waals surface area contributed by atoms with E-state index in [2.05, 4.69) is 15.9 Å². The molecule has 1 atom stereocenters. The molecule has 0 saturated carbocycles. The Hall–Kier alpha value is -1.36. The van der Waals surface area contributed by atoms with Crippen LogP contribution in [0.3, 0.4) is 0 Å². The summed E-state index contributed by atoms with van der Waals surface area (Å²) in [5, 5.41) is 9.15. The lowest BCUT2D eigenvalue weighted by molar-refractivity contribution is -0.147. The lowest BCUT2D eigenvalue weighted by atomic mass is 9.90. The average Bonchev–Trinajstić information content (AvgIpc) is 2.73. The molecule has 1 saturated heterocycles. The first kappa shape index (κ1) is 14.1. The number of halogens is 1. The van der Waals surface area contributed by atoms with Crippen molar-refractivity contribution in [3.05, 3.63) is 34.3 Å². The Morgan fingerprint density at radius 1 is 1.47 bits per heavy atom. The first-order valence-corrected chi connectivity index (χ1v) is 6.96. The highest BCUT2D eigenvalue weighted by Gasteiger charge is 2.41. The molecule has 1 aliphatic heterocycles. The van der Waals surface area contributed by atoms with Crippen LogP contribution in [-0.2, 0) is 16.0 Å². The van der Waals surface area contributed by atoms with Crippen LogP contribution in [0.25, 0.3) is 0 Å². The minimum atomic E-state index is -0.828. The van der Waals surface area contributed by atoms with Crippen LogP contribution in [0.2, 0.25) is 0 Å². The zero-order valence-electron chi connectivity index (χ0n) is 10.7. The van der Waals surface area contributed by atoms with Gasteiger partial charge < -0.3 is 10.0 Å². The number of carboxylic acids is 1. The van der Waals surface area contributed by atoms with Gasteiger partial charge in [-0.1, -0.05) is 28.1 Å². The Morgan fingerprint density at radius 2 is 2.21 bits per heavy atom. The van der Waals surface area contributed by atoms with Crippen molar-refractivity contribution in [3.8, 4) is 0 Å². The Labute approximate surface area is 120 Å². The third-order valence-electron chi connectivity index (χ3n) is 3.59. The molecule has 5 heteroatoms. The summed E-state index contributed by atoms with van der Waals surface area (Å²) in [4.78, 5) is 25.0. The molecule has 0 bridgehead atoms. The number of amides is 1. The second-order valence-corrected chi connectivity index (χ2v) is 6.15. The van der Waals surface area contributed by atoms with Crippen molar-refractivity contribution < 1.29 is 14.7 Å². The summed E-state index contributed by atoms with van der Waals surface area (Å²) in [6.07, 6.45) is 0.835. The van der Waals surface area contributed by atoms with Crippen LogP contribution in [0.15, 0.2) is 28.7 Å². The van der Waals surface area contributed by atoms with Gasteiger partial charge in [0.2, 0.25) is 5.91 Å². The van der Waals surface area contributed by atoms with E-state index in [4.69, 9.17) is 5.11 Å². The number of benzene rings is 1. The highest BCUT2D eigenvalue weighted by molar-refractivity contribution is 9.10. The van der Waals surface area contributed by atoms with Gasteiger partial charge in [-0.25, -0.2) is 0 Å². The predicted molar refractivity (Wildman–Crippen MR) is 74.8 cm³/mol. The first-order valence-electron chi connectivity index (χ1n) is 6.16. The lowest BCUT2D eigenvalue weighted by Gasteiger charge is -2.20. The molecule has 1 amide bonds. The number of nitrogens with zero attached hydrogens (tertiary/aromatic N) is 1. The van der Waals surface area contributed by atoms with Gasteiger partial charge in [-0.15, -0.1) is 0 Å². The Morgan fingerprint density at radius 3 is 2.79 bits per heavy atom. The lowest BCUT2D eigenvalue weighted by Crippen LogP contribution is -2.35. The van der Waals surface area contributed by atoms with E-state index in [9.17, 15) is 9.59 Å². The van der Waals surface area contributed by atoms with E-state index in [-0.39, 0.29) is 5.91 Å². The van der Waals surface area contributed by atoms with E-state index >= 15 is 0 Å². The first-order chi connectivity index (χ1) is 8.90. The van der Waals surface area contributed by atoms with Gasteiger partial charge in [0.25, 0.3) is 0 Å². The standard InChI is InChI=1S/C14H16BrNO3/c1-14(13(18)19)5-6-16(9-14)12(17)8-10-3-2-4-11(15)7-10/h2-4,7H,5-6,8-9H2,1H3,(H,18,19). The van der Waals surface area contributed by atoms with Crippen LogP contribution >= 0.6 is 15.9 Å². The second-order valence-electron chi connectivity index (χ2n) is 5.24. The zero-order valence-corrected chi connectivity index (χ0v) is 12.3. The third kappa shape index (κ3) is 3.15. The van der Waals surface area contributed by atoms with Gasteiger partial charge in [-0.3, -0.25) is 9.59 Å². The van der Waals surface area contributed by atoms with Crippen molar-refractivity contribution in [1.82, 2.24) is 4.90 Å². The van der Waals surface area contributed by atoms with Crippen molar-refractivity contribution in [2.75, 3.05) is 13.1 Å². The Bertz CT molecular complexity index is 517. The molecule has 1 aromatic rings. The third-order valence-corrected chi connectivity index (χ3v) is 4.08. The summed E-state index contributed by atoms with van der Waals surface area (Å²) in [6.45, 7) is 2.52. The molecule has 102 valence electrons. The summed E-state index contributed by atoms with van der Waals surface area (Å²) in [5.74, 6) is -0.840. The second kappa shape index (κ2) is 5.33. The summed E-state index contributed by atoms with van der Waals surface area (Å²) < 4.78 is 0.939. The van der Waals surface area contributed by atoms with E-state index in [1.54, 1.807) is 11.8 Å². The number of aliphatic carboxylic acids is 1. The van der Waals surface area contributed by atoms with Crippen LogP contribution in [0, 0.1) is 5.41 Å². The fraction of sp³-hybridized carbons (Fsp3) is 0.429. The summed E-state index contributed by atoms with van der Waals surface area (Å²) in [5.41, 5.74) is 0.135. The van der Waals surface area contributed by atoms with E-state index in [1.165, 1.54) is 0 Å². The van der Waals surface area contributed by atoms with Gasteiger partial charge >= 0.3 is 5.97 Å². The van der Waals surface area contributed by atoms with Crippen molar-refractivity contribution in [1.29, 1.82) is 0 Å². The number of carbonyl (C=O) groups excluding carboxylic acids is 1. The maximum absolute atomic E-state index is 12.2. The monoisotopic (exact) mass is 325 g/mol. The molecule has 0 aliphatic carbocycles. The molecule has 2 rings (SSSR count). The molecule has 1 N–H and O–H groups in total. The number of likely N-dealkylation sites (tertiary alicyclic amines) is 1. The minimum absolute atomic E-state index is 0.0110. The fourth-order valence-electron chi connectivity index (χ4n) is 2.28. The van der Waals surface area contributed by atoms with Crippen LogP contribution < -0.4 is 0 Å². The van der Waals surface area contributed by atoms with Gasteiger partial charge in [0, 0.05) is 17.6 Å². The molecule has 1 unspecified atom stereocenters. The van der Waals surface area contributed by atoms with Gasteiger partial charge in [0.05, 0.1) is 11.8 Å². The number of carboxylic acid groups (broad SMARTS) is 1. The highest BCUT2D eigenvalue weighted by atomic mass is 79.9. The maximum Gasteiger partial charge on any atom is 0.311 e. The summed E-state index contributed by atoms with van der Waals surface area (Å²) in [6, 6.07) is 7.60. The predicted octanol–water partition coefficient (Wildman–Crippen LogP) is 2.31. The molecule has 0 radical (unpaired) electrons. The average molecular weight is 326 g/mol. The quantitative estimate of drug-likeness (QED) is 0.927. The van der Waals surface area contributed by atoms with Crippen LogP contribution in [0.1, 0.15) is 18.9 Å². The number of carbonyl (C=O) groups is 2. The normalized spacial score (nSPS) is 22.5. The zero-order chi connectivity index (χ0) is 14.0.